The number of ketones is 1. The molecule has 0 unspecified atom stereocenters. The van der Waals surface area contributed by atoms with Crippen LogP contribution in [0.2, 0.25) is 0 Å². The number of aryl methyl sites for hydroxylation is 2. The van der Waals surface area contributed by atoms with E-state index in [0.29, 0.717) is 16.7 Å². The molecular weight excluding hydrogens is 337 g/mol. The van der Waals surface area contributed by atoms with Crippen molar-refractivity contribution < 1.29 is 23.1 Å². The molecule has 24 heavy (non-hydrogen) atoms. The molecule has 0 aliphatic heterocycles. The van der Waals surface area contributed by atoms with Gasteiger partial charge in [0.05, 0.1) is 0 Å². The lowest BCUT2D eigenvalue weighted by molar-refractivity contribution is -0.0328. The normalized spacial score (nSPS) is 11.9. The standard InChI is InChI=1S/C18H15F3O2S/c1-11-9-13(10-12(2)17(11)23)3-8-16(22)14-4-6-15(7-5-14)24-18(19,20)21/h3-10,23H,1-2H3. The van der Waals surface area contributed by atoms with Crippen LogP contribution in [0, 0.1) is 13.8 Å². The Balaban J connectivity index is 2.12. The van der Waals surface area contributed by atoms with E-state index < -0.39 is 5.51 Å². The van der Waals surface area contributed by atoms with Gasteiger partial charge < -0.3 is 5.11 Å². The van der Waals surface area contributed by atoms with E-state index in [2.05, 4.69) is 0 Å². The molecule has 1 N–H and O–H groups in total. The Labute approximate surface area is 142 Å². The van der Waals surface area contributed by atoms with Gasteiger partial charge in [-0.2, -0.15) is 13.2 Å². The molecule has 0 aliphatic rings. The third-order valence-electron chi connectivity index (χ3n) is 3.31. The summed E-state index contributed by atoms with van der Waals surface area (Å²) >= 11 is -0.217. The molecule has 126 valence electrons. The molecule has 0 aliphatic carbocycles. The first-order valence-corrected chi connectivity index (χ1v) is 7.86. The Bertz CT molecular complexity index is 755. The van der Waals surface area contributed by atoms with Crippen molar-refractivity contribution in [2.24, 2.45) is 0 Å². The minimum Gasteiger partial charge on any atom is -0.507 e. The first-order valence-electron chi connectivity index (χ1n) is 7.04. The van der Waals surface area contributed by atoms with E-state index in [4.69, 9.17) is 0 Å². The molecular formula is C18H15F3O2S. The fraction of sp³-hybridized carbons (Fsp3) is 0.167. The molecule has 0 amide bonds. The Morgan fingerprint density at radius 2 is 1.62 bits per heavy atom. The van der Waals surface area contributed by atoms with Crippen LogP contribution in [0.1, 0.15) is 27.0 Å². The van der Waals surface area contributed by atoms with Crippen molar-refractivity contribution in [3.05, 3.63) is 64.7 Å². The summed E-state index contributed by atoms with van der Waals surface area (Å²) in [6.07, 6.45) is 2.97. The Hall–Kier alpha value is -2.21. The molecule has 2 rings (SSSR count). The number of alkyl halides is 3. The van der Waals surface area contributed by atoms with Crippen molar-refractivity contribution in [1.82, 2.24) is 0 Å². The molecule has 0 saturated heterocycles. The zero-order valence-corrected chi connectivity index (χ0v) is 13.8. The summed E-state index contributed by atoms with van der Waals surface area (Å²) in [4.78, 5) is 12.1. The van der Waals surface area contributed by atoms with Crippen LogP contribution in [-0.2, 0) is 0 Å². The molecule has 2 aromatic rings. The van der Waals surface area contributed by atoms with Crippen molar-refractivity contribution in [1.29, 1.82) is 0 Å². The highest BCUT2D eigenvalue weighted by molar-refractivity contribution is 8.00. The van der Waals surface area contributed by atoms with Gasteiger partial charge in [0.2, 0.25) is 0 Å². The van der Waals surface area contributed by atoms with Gasteiger partial charge in [0.15, 0.2) is 5.78 Å². The highest BCUT2D eigenvalue weighted by atomic mass is 32.2. The number of phenolic OH excluding ortho intramolecular Hbond substituents is 1. The van der Waals surface area contributed by atoms with Crippen LogP contribution in [-0.4, -0.2) is 16.4 Å². The van der Waals surface area contributed by atoms with Gasteiger partial charge in [-0.1, -0.05) is 6.08 Å². The molecule has 0 spiro atoms. The number of carbonyl (C=O) groups is 1. The summed E-state index contributed by atoms with van der Waals surface area (Å²) in [5, 5.41) is 9.72. The predicted molar refractivity (Wildman–Crippen MR) is 89.3 cm³/mol. The number of aromatic hydroxyl groups is 1. The minimum absolute atomic E-state index is 0.0350. The second kappa shape index (κ2) is 7.13. The Morgan fingerprint density at radius 3 is 2.12 bits per heavy atom. The number of hydrogen-bond acceptors (Lipinski definition) is 3. The summed E-state index contributed by atoms with van der Waals surface area (Å²) in [7, 11) is 0. The fourth-order valence-electron chi connectivity index (χ4n) is 2.17. The number of halogens is 3. The lowest BCUT2D eigenvalue weighted by atomic mass is 10.0. The van der Waals surface area contributed by atoms with Crippen molar-refractivity contribution in [3.8, 4) is 5.75 Å². The SMILES string of the molecule is Cc1cc(C=CC(=O)c2ccc(SC(F)(F)F)cc2)cc(C)c1O. The Kier molecular flexibility index (Phi) is 5.39. The topological polar surface area (TPSA) is 37.3 Å². The smallest absolute Gasteiger partial charge is 0.446 e. The van der Waals surface area contributed by atoms with Gasteiger partial charge in [0, 0.05) is 10.5 Å². The van der Waals surface area contributed by atoms with E-state index in [9.17, 15) is 23.1 Å². The van der Waals surface area contributed by atoms with Crippen molar-refractivity contribution in [3.63, 3.8) is 0 Å². The van der Waals surface area contributed by atoms with Crippen LogP contribution >= 0.6 is 11.8 Å². The van der Waals surface area contributed by atoms with E-state index >= 15 is 0 Å². The third kappa shape index (κ3) is 4.89. The number of phenols is 1. The monoisotopic (exact) mass is 352 g/mol. The van der Waals surface area contributed by atoms with Gasteiger partial charge in [-0.15, -0.1) is 0 Å². The molecule has 0 heterocycles. The summed E-state index contributed by atoms with van der Waals surface area (Å²) in [6, 6.07) is 8.77. The van der Waals surface area contributed by atoms with Crippen LogP contribution < -0.4 is 0 Å². The first kappa shape index (κ1) is 18.1. The fourth-order valence-corrected chi connectivity index (χ4v) is 2.71. The molecule has 0 bridgehead atoms. The molecule has 6 heteroatoms. The summed E-state index contributed by atoms with van der Waals surface area (Å²) in [5.41, 5.74) is -1.86. The molecule has 0 aromatic heterocycles. The predicted octanol–water partition coefficient (Wildman–Crippen LogP) is 5.52. The largest absolute Gasteiger partial charge is 0.507 e. The average molecular weight is 352 g/mol. The van der Waals surface area contributed by atoms with E-state index in [-0.39, 0.29) is 28.2 Å². The van der Waals surface area contributed by atoms with Gasteiger partial charge in [-0.25, -0.2) is 0 Å². The number of hydrogen-bond donors (Lipinski definition) is 1. The second-order valence-corrected chi connectivity index (χ2v) is 6.41. The van der Waals surface area contributed by atoms with Crippen molar-refractivity contribution >= 4 is 23.6 Å². The lowest BCUT2D eigenvalue weighted by Gasteiger charge is -2.06. The number of benzene rings is 2. The summed E-state index contributed by atoms with van der Waals surface area (Å²) in [6.45, 7) is 3.52. The van der Waals surface area contributed by atoms with Gasteiger partial charge >= 0.3 is 5.51 Å². The zero-order valence-electron chi connectivity index (χ0n) is 13.0. The molecule has 0 atom stereocenters. The van der Waals surface area contributed by atoms with Gasteiger partial charge in [0.25, 0.3) is 0 Å². The van der Waals surface area contributed by atoms with Crippen LogP contribution in [0.4, 0.5) is 13.2 Å². The van der Waals surface area contributed by atoms with Gasteiger partial charge in [-0.05, 0) is 84.8 Å². The number of rotatable bonds is 4. The average Bonchev–Trinajstić information content (AvgIpc) is 2.49. The maximum atomic E-state index is 12.3. The molecule has 2 aromatic carbocycles. The highest BCUT2D eigenvalue weighted by Gasteiger charge is 2.29. The van der Waals surface area contributed by atoms with Gasteiger partial charge in [-0.3, -0.25) is 4.79 Å². The van der Waals surface area contributed by atoms with Gasteiger partial charge in [0.1, 0.15) is 5.75 Å². The zero-order chi connectivity index (χ0) is 17.9. The maximum Gasteiger partial charge on any atom is 0.446 e. The lowest BCUT2D eigenvalue weighted by Crippen LogP contribution is -1.99. The minimum atomic E-state index is -4.35. The summed E-state index contributed by atoms with van der Waals surface area (Å²) < 4.78 is 36.8. The summed E-state index contributed by atoms with van der Waals surface area (Å²) in [5.74, 6) is -0.0850. The van der Waals surface area contributed by atoms with Crippen molar-refractivity contribution in [2.75, 3.05) is 0 Å². The maximum absolute atomic E-state index is 12.3. The Morgan fingerprint density at radius 1 is 1.08 bits per heavy atom. The number of thioether (sulfide) groups is 1. The number of allylic oxidation sites excluding steroid dienone is 1. The van der Waals surface area contributed by atoms with Crippen LogP contribution in [0.15, 0.2) is 47.4 Å². The second-order valence-electron chi connectivity index (χ2n) is 5.27. The molecule has 0 radical (unpaired) electrons. The van der Waals surface area contributed by atoms with E-state index in [1.54, 1.807) is 32.1 Å². The van der Waals surface area contributed by atoms with E-state index in [0.717, 1.165) is 5.56 Å². The molecule has 0 fully saturated rings. The van der Waals surface area contributed by atoms with E-state index in [1.807, 2.05) is 0 Å². The van der Waals surface area contributed by atoms with Crippen molar-refractivity contribution in [2.45, 2.75) is 24.3 Å². The van der Waals surface area contributed by atoms with Crippen LogP contribution in [0.5, 0.6) is 5.75 Å². The third-order valence-corrected chi connectivity index (χ3v) is 4.05. The quantitative estimate of drug-likeness (QED) is 0.447. The molecule has 2 nitrogen and oxygen atoms in total. The van der Waals surface area contributed by atoms with Crippen LogP contribution in [0.25, 0.3) is 6.08 Å². The molecule has 0 saturated carbocycles. The van der Waals surface area contributed by atoms with E-state index in [1.165, 1.54) is 30.3 Å². The highest BCUT2D eigenvalue weighted by Crippen LogP contribution is 2.36. The first-order chi connectivity index (χ1) is 11.2. The number of carbonyl (C=O) groups excluding carboxylic acids is 1. The van der Waals surface area contributed by atoms with Crippen LogP contribution in [0.3, 0.4) is 0 Å².